The van der Waals surface area contributed by atoms with Crippen LogP contribution in [0.2, 0.25) is 5.02 Å². The van der Waals surface area contributed by atoms with Crippen molar-refractivity contribution in [3.8, 4) is 10.4 Å². The molecule has 0 fully saturated rings. The number of hydrogen-bond donors (Lipinski definition) is 0. The van der Waals surface area contributed by atoms with Gasteiger partial charge in [0.1, 0.15) is 6.20 Å². The largest absolute Gasteiger partial charge is 0.419 e. The Balaban J connectivity index is 2.51. The highest BCUT2D eigenvalue weighted by atomic mass is 35.5. The van der Waals surface area contributed by atoms with E-state index >= 15 is 0 Å². The standard InChI is InChI=1S/C10H4ClF3N2O2S/c11-6-4-19-9(8(6)10(12,13)14)5-1-2-7(15-3-5)16(17)18/h1-4H. The fraction of sp³-hybridized carbons (Fsp3) is 0.100. The van der Waals surface area contributed by atoms with E-state index in [9.17, 15) is 23.3 Å². The first-order chi connectivity index (χ1) is 8.80. The van der Waals surface area contributed by atoms with Gasteiger partial charge < -0.3 is 10.1 Å². The van der Waals surface area contributed by atoms with Crippen LogP contribution in [0.25, 0.3) is 10.4 Å². The minimum absolute atomic E-state index is 0.111. The van der Waals surface area contributed by atoms with Gasteiger partial charge in [0, 0.05) is 17.0 Å². The first-order valence-corrected chi connectivity index (χ1v) is 6.01. The molecule has 0 aliphatic carbocycles. The quantitative estimate of drug-likeness (QED) is 0.610. The Morgan fingerprint density at radius 1 is 1.37 bits per heavy atom. The number of pyridine rings is 1. The summed E-state index contributed by atoms with van der Waals surface area (Å²) in [5.74, 6) is -0.431. The van der Waals surface area contributed by atoms with Crippen molar-refractivity contribution in [3.63, 3.8) is 0 Å². The number of alkyl halides is 3. The molecule has 2 aromatic heterocycles. The predicted octanol–water partition coefficient (Wildman–Crippen LogP) is 4.39. The first kappa shape index (κ1) is 13.8. The van der Waals surface area contributed by atoms with E-state index in [1.54, 1.807) is 0 Å². The summed E-state index contributed by atoms with van der Waals surface area (Å²) in [5.41, 5.74) is -0.815. The van der Waals surface area contributed by atoms with Gasteiger partial charge in [-0.1, -0.05) is 11.6 Å². The number of halogens is 4. The molecule has 0 spiro atoms. The van der Waals surface area contributed by atoms with Crippen LogP contribution >= 0.6 is 22.9 Å². The van der Waals surface area contributed by atoms with Gasteiger partial charge in [-0.2, -0.15) is 13.2 Å². The van der Waals surface area contributed by atoms with Crippen molar-refractivity contribution >= 4 is 28.8 Å². The Morgan fingerprint density at radius 2 is 2.05 bits per heavy atom. The second-order valence-corrected chi connectivity index (χ2v) is 4.73. The van der Waals surface area contributed by atoms with Crippen LogP contribution in [0.5, 0.6) is 0 Å². The van der Waals surface area contributed by atoms with Crippen LogP contribution in [0, 0.1) is 10.1 Å². The monoisotopic (exact) mass is 308 g/mol. The molecule has 2 aromatic rings. The number of rotatable bonds is 2. The molecule has 0 bridgehead atoms. The van der Waals surface area contributed by atoms with E-state index in [1.165, 1.54) is 11.4 Å². The van der Waals surface area contributed by atoms with Crippen LogP contribution in [0.1, 0.15) is 5.56 Å². The molecule has 9 heteroatoms. The summed E-state index contributed by atoms with van der Waals surface area (Å²) in [4.78, 5) is 13.1. The molecule has 0 N–H and O–H groups in total. The summed E-state index contributed by atoms with van der Waals surface area (Å²) in [6, 6.07) is 2.26. The van der Waals surface area contributed by atoms with Crippen molar-refractivity contribution in [2.24, 2.45) is 0 Å². The van der Waals surface area contributed by atoms with E-state index in [4.69, 9.17) is 11.6 Å². The molecular formula is C10H4ClF3N2O2S. The number of thiophene rings is 1. The van der Waals surface area contributed by atoms with Crippen LogP contribution in [-0.2, 0) is 6.18 Å². The van der Waals surface area contributed by atoms with Gasteiger partial charge in [-0.05, 0) is 16.0 Å². The zero-order valence-corrected chi connectivity index (χ0v) is 10.5. The zero-order chi connectivity index (χ0) is 14.2. The van der Waals surface area contributed by atoms with E-state index < -0.39 is 27.5 Å². The maximum atomic E-state index is 12.8. The van der Waals surface area contributed by atoms with Gasteiger partial charge in [0.2, 0.25) is 0 Å². The lowest BCUT2D eigenvalue weighted by molar-refractivity contribution is -0.389. The molecule has 0 atom stereocenters. The molecule has 0 radical (unpaired) electrons. The van der Waals surface area contributed by atoms with Gasteiger partial charge >= 0.3 is 12.0 Å². The molecule has 0 aromatic carbocycles. The fourth-order valence-electron chi connectivity index (χ4n) is 1.44. The molecule has 2 heterocycles. The third kappa shape index (κ3) is 2.69. The van der Waals surface area contributed by atoms with Crippen molar-refractivity contribution in [2.75, 3.05) is 0 Å². The van der Waals surface area contributed by atoms with Crippen LogP contribution in [0.4, 0.5) is 19.0 Å². The van der Waals surface area contributed by atoms with Gasteiger partial charge in [-0.15, -0.1) is 11.3 Å². The minimum Gasteiger partial charge on any atom is -0.358 e. The summed E-state index contributed by atoms with van der Waals surface area (Å²) >= 11 is 6.33. The third-order valence-corrected chi connectivity index (χ3v) is 3.68. The maximum absolute atomic E-state index is 12.8. The lowest BCUT2D eigenvalue weighted by atomic mass is 10.1. The van der Waals surface area contributed by atoms with Crippen LogP contribution in [0.15, 0.2) is 23.7 Å². The molecule has 0 saturated carbocycles. The number of nitro groups is 1. The van der Waals surface area contributed by atoms with Crippen molar-refractivity contribution in [3.05, 3.63) is 44.4 Å². The third-order valence-electron chi connectivity index (χ3n) is 2.23. The van der Waals surface area contributed by atoms with E-state index in [1.807, 2.05) is 0 Å². The van der Waals surface area contributed by atoms with Crippen molar-refractivity contribution in [2.45, 2.75) is 6.18 Å². The van der Waals surface area contributed by atoms with E-state index in [0.717, 1.165) is 23.6 Å². The fourth-order valence-corrected chi connectivity index (χ4v) is 2.77. The van der Waals surface area contributed by atoms with Gasteiger partial charge in [-0.25, -0.2) is 0 Å². The maximum Gasteiger partial charge on any atom is 0.419 e. The molecule has 0 aliphatic rings. The highest BCUT2D eigenvalue weighted by Crippen LogP contribution is 2.45. The molecule has 0 unspecified atom stereocenters. The number of aromatic nitrogens is 1. The average Bonchev–Trinajstić information content (AvgIpc) is 2.71. The van der Waals surface area contributed by atoms with Crippen LogP contribution < -0.4 is 0 Å². The number of nitrogens with zero attached hydrogens (tertiary/aromatic N) is 2. The smallest absolute Gasteiger partial charge is 0.358 e. The Labute approximate surface area is 113 Å². The molecule has 0 saturated heterocycles. The minimum atomic E-state index is -4.59. The second-order valence-electron chi connectivity index (χ2n) is 3.45. The van der Waals surface area contributed by atoms with E-state index in [0.29, 0.717) is 0 Å². The highest BCUT2D eigenvalue weighted by Gasteiger charge is 2.38. The molecule has 4 nitrogen and oxygen atoms in total. The normalized spacial score (nSPS) is 11.6. The first-order valence-electron chi connectivity index (χ1n) is 4.75. The summed E-state index contributed by atoms with van der Waals surface area (Å²) in [7, 11) is 0. The van der Waals surface area contributed by atoms with Gasteiger partial charge in [0.15, 0.2) is 0 Å². The molecular weight excluding hydrogens is 305 g/mol. The zero-order valence-electron chi connectivity index (χ0n) is 8.94. The van der Waals surface area contributed by atoms with Gasteiger partial charge in [0.25, 0.3) is 0 Å². The van der Waals surface area contributed by atoms with Crippen molar-refractivity contribution in [1.29, 1.82) is 0 Å². The van der Waals surface area contributed by atoms with Crippen LogP contribution in [-0.4, -0.2) is 9.91 Å². The summed E-state index contributed by atoms with van der Waals surface area (Å²) in [6.45, 7) is 0. The Hall–Kier alpha value is -1.67. The second kappa shape index (κ2) is 4.78. The molecule has 100 valence electrons. The van der Waals surface area contributed by atoms with Crippen molar-refractivity contribution < 1.29 is 18.1 Å². The topological polar surface area (TPSA) is 56.0 Å². The predicted molar refractivity (Wildman–Crippen MR) is 64.2 cm³/mol. The van der Waals surface area contributed by atoms with Gasteiger partial charge in [-0.3, -0.25) is 0 Å². The summed E-state index contributed by atoms with van der Waals surface area (Å²) in [5, 5.41) is 11.2. The Bertz CT molecular complexity index is 625. The molecule has 0 aliphatic heterocycles. The SMILES string of the molecule is O=[N+]([O-])c1ccc(-c2scc(Cl)c2C(F)(F)F)cn1. The Morgan fingerprint density at radius 3 is 2.53 bits per heavy atom. The highest BCUT2D eigenvalue weighted by molar-refractivity contribution is 7.14. The van der Waals surface area contributed by atoms with E-state index in [2.05, 4.69) is 4.98 Å². The number of hydrogen-bond acceptors (Lipinski definition) is 4. The lowest BCUT2D eigenvalue weighted by Crippen LogP contribution is -2.05. The Kier molecular flexibility index (Phi) is 3.46. The summed E-state index contributed by atoms with van der Waals surface area (Å²) < 4.78 is 38.5. The van der Waals surface area contributed by atoms with Gasteiger partial charge in [0.05, 0.1) is 15.5 Å². The van der Waals surface area contributed by atoms with E-state index in [-0.39, 0.29) is 10.4 Å². The lowest BCUT2D eigenvalue weighted by Gasteiger charge is -2.07. The molecule has 19 heavy (non-hydrogen) atoms. The average molecular weight is 309 g/mol. The van der Waals surface area contributed by atoms with Crippen LogP contribution in [0.3, 0.4) is 0 Å². The molecule has 2 rings (SSSR count). The summed E-state index contributed by atoms with van der Waals surface area (Å²) in [6.07, 6.45) is -3.57. The van der Waals surface area contributed by atoms with Crippen molar-refractivity contribution in [1.82, 2.24) is 4.98 Å². The molecule has 0 amide bonds.